The van der Waals surface area contributed by atoms with E-state index in [1.807, 2.05) is 67.8 Å². The maximum absolute atomic E-state index is 13.0. The second kappa shape index (κ2) is 11.8. The van der Waals surface area contributed by atoms with Crippen molar-refractivity contribution >= 4 is 45.1 Å². The van der Waals surface area contributed by atoms with Gasteiger partial charge in [0.15, 0.2) is 0 Å². The molecule has 0 saturated heterocycles. The average Bonchev–Trinajstić information content (AvgIpc) is 3.43. The zero-order valence-corrected chi connectivity index (χ0v) is 24.9. The van der Waals surface area contributed by atoms with Gasteiger partial charge in [-0.2, -0.15) is 0 Å². The van der Waals surface area contributed by atoms with Crippen molar-refractivity contribution in [2.24, 2.45) is 0 Å². The highest BCUT2D eigenvalue weighted by Crippen LogP contribution is 2.39. The van der Waals surface area contributed by atoms with Gasteiger partial charge in [-0.05, 0) is 55.5 Å². The van der Waals surface area contributed by atoms with Crippen LogP contribution in [0, 0.1) is 0 Å². The Kier molecular flexibility index (Phi) is 7.73. The summed E-state index contributed by atoms with van der Waals surface area (Å²) in [7, 11) is 3.61. The van der Waals surface area contributed by atoms with E-state index in [-0.39, 0.29) is 11.9 Å². The average molecular weight is 576 g/mol. The summed E-state index contributed by atoms with van der Waals surface area (Å²) in [6.45, 7) is 4.30. The van der Waals surface area contributed by atoms with Crippen LogP contribution in [-0.2, 0) is 0 Å². The third kappa shape index (κ3) is 5.39. The van der Waals surface area contributed by atoms with Gasteiger partial charge in [0.25, 0.3) is 0 Å². The number of benzene rings is 3. The lowest BCUT2D eigenvalue weighted by molar-refractivity contribution is 0.262. The van der Waals surface area contributed by atoms with Crippen LogP contribution in [0.1, 0.15) is 50.5 Å². The van der Waals surface area contributed by atoms with Crippen molar-refractivity contribution in [1.82, 2.24) is 19.7 Å². The number of carbonyl (C=O) groups excluding carboxylic acids is 1. The van der Waals surface area contributed by atoms with E-state index in [1.165, 1.54) is 5.57 Å². The molecule has 6 rings (SSSR count). The first kappa shape index (κ1) is 28.2. The Hall–Kier alpha value is -4.89. The van der Waals surface area contributed by atoms with Crippen LogP contribution < -0.4 is 26.4 Å². The SMILES string of the molecule is CNC1CC=C(c2cnc(N)c3c(-c4ccc(NC(=O)Nc5cccc(OC)c5)c5ccccc45)nc(C(C)C)n23)CC1. The monoisotopic (exact) mass is 575 g/mol. The molecule has 0 bridgehead atoms. The predicted octanol–water partition coefficient (Wildman–Crippen LogP) is 7.06. The molecule has 5 aromatic rings. The number of hydrogen-bond acceptors (Lipinski definition) is 6. The van der Waals surface area contributed by atoms with Crippen LogP contribution in [0.3, 0.4) is 0 Å². The number of anilines is 3. The van der Waals surface area contributed by atoms with Crippen molar-refractivity contribution in [3.05, 3.63) is 84.5 Å². The van der Waals surface area contributed by atoms with E-state index in [4.69, 9.17) is 15.5 Å². The Balaban J connectivity index is 1.43. The second-order valence-corrected chi connectivity index (χ2v) is 11.2. The van der Waals surface area contributed by atoms with Crippen LogP contribution in [0.25, 0.3) is 33.1 Å². The van der Waals surface area contributed by atoms with Gasteiger partial charge in [-0.15, -0.1) is 0 Å². The van der Waals surface area contributed by atoms with Gasteiger partial charge < -0.3 is 26.4 Å². The molecule has 0 radical (unpaired) electrons. The Labute approximate surface area is 251 Å². The number of allylic oxidation sites excluding steroid dienone is 1. The minimum absolute atomic E-state index is 0.156. The number of fused-ring (bicyclic) bond motifs is 2. The van der Waals surface area contributed by atoms with E-state index >= 15 is 0 Å². The number of carbonyl (C=O) groups is 1. The van der Waals surface area contributed by atoms with Crippen LogP contribution in [-0.4, -0.2) is 40.6 Å². The molecule has 1 aliphatic rings. The third-order valence-electron chi connectivity index (χ3n) is 8.13. The van der Waals surface area contributed by atoms with Crippen LogP contribution in [0.2, 0.25) is 0 Å². The molecule has 0 saturated carbocycles. The zero-order chi connectivity index (χ0) is 30.1. The van der Waals surface area contributed by atoms with E-state index in [1.54, 1.807) is 13.2 Å². The van der Waals surface area contributed by atoms with E-state index in [0.29, 0.717) is 29.0 Å². The zero-order valence-electron chi connectivity index (χ0n) is 24.9. The summed E-state index contributed by atoms with van der Waals surface area (Å²) >= 11 is 0. The molecule has 0 aliphatic heterocycles. The molecule has 2 amide bonds. The van der Waals surface area contributed by atoms with Crippen molar-refractivity contribution in [2.75, 3.05) is 30.5 Å². The first-order chi connectivity index (χ1) is 20.9. The molecule has 3 aromatic carbocycles. The Morgan fingerprint density at radius 2 is 1.88 bits per heavy atom. The summed E-state index contributed by atoms with van der Waals surface area (Å²) in [6.07, 6.45) is 7.20. The fourth-order valence-corrected chi connectivity index (χ4v) is 5.90. The van der Waals surface area contributed by atoms with Crippen LogP contribution in [0.4, 0.5) is 22.0 Å². The van der Waals surface area contributed by atoms with Crippen molar-refractivity contribution in [3.63, 3.8) is 0 Å². The summed E-state index contributed by atoms with van der Waals surface area (Å²) in [6, 6.07) is 19.3. The highest BCUT2D eigenvalue weighted by Gasteiger charge is 2.25. The van der Waals surface area contributed by atoms with Crippen molar-refractivity contribution < 1.29 is 9.53 Å². The standard InChI is InChI=1S/C34H37N7O2/c1-20(2)33-40-30(31-32(35)37-19-29(41(31)33)21-12-14-22(36-3)15-13-21)27-16-17-28(26-11-6-5-10-25(26)27)39-34(42)38-23-8-7-9-24(18-23)43-4/h5-12,16-20,22,36H,13-15H2,1-4H3,(H2,35,37)(H2,38,39,42). The maximum atomic E-state index is 13.0. The largest absolute Gasteiger partial charge is 0.497 e. The molecule has 1 aliphatic carbocycles. The predicted molar refractivity (Wildman–Crippen MR) is 175 cm³/mol. The maximum Gasteiger partial charge on any atom is 0.323 e. The lowest BCUT2D eigenvalue weighted by Gasteiger charge is -2.22. The van der Waals surface area contributed by atoms with Gasteiger partial charge in [0.05, 0.1) is 24.7 Å². The van der Waals surface area contributed by atoms with Crippen molar-refractivity contribution in [1.29, 1.82) is 0 Å². The fourth-order valence-electron chi connectivity index (χ4n) is 5.90. The minimum Gasteiger partial charge on any atom is -0.497 e. The van der Waals surface area contributed by atoms with Crippen molar-refractivity contribution in [2.45, 2.75) is 45.1 Å². The number of methoxy groups -OCH3 is 1. The number of amides is 2. The summed E-state index contributed by atoms with van der Waals surface area (Å²) in [5.41, 5.74) is 12.7. The molecule has 1 unspecified atom stereocenters. The lowest BCUT2D eigenvalue weighted by atomic mass is 9.93. The number of nitrogen functional groups attached to an aromatic ring is 1. The molecule has 1 atom stereocenters. The molecule has 5 N–H and O–H groups in total. The minimum atomic E-state index is -0.347. The van der Waals surface area contributed by atoms with Crippen LogP contribution in [0.5, 0.6) is 5.75 Å². The molecule has 2 aromatic heterocycles. The molecular weight excluding hydrogens is 538 g/mol. The van der Waals surface area contributed by atoms with Gasteiger partial charge in [-0.25, -0.2) is 14.8 Å². The Bertz CT molecular complexity index is 1860. The number of rotatable bonds is 7. The van der Waals surface area contributed by atoms with E-state index in [2.05, 4.69) is 45.3 Å². The van der Waals surface area contributed by atoms with Gasteiger partial charge in [-0.3, -0.25) is 4.40 Å². The Morgan fingerprint density at radius 3 is 2.60 bits per heavy atom. The van der Waals surface area contributed by atoms with Gasteiger partial charge >= 0.3 is 6.03 Å². The highest BCUT2D eigenvalue weighted by atomic mass is 16.5. The fraction of sp³-hybridized carbons (Fsp3) is 0.265. The number of nitrogens with zero attached hydrogens (tertiary/aromatic N) is 3. The number of imidazole rings is 1. The van der Waals surface area contributed by atoms with Gasteiger partial charge in [0, 0.05) is 34.7 Å². The molecule has 220 valence electrons. The smallest absolute Gasteiger partial charge is 0.323 e. The molecular formula is C34H37N7O2. The first-order valence-electron chi connectivity index (χ1n) is 14.7. The topological polar surface area (TPSA) is 119 Å². The van der Waals surface area contributed by atoms with Crippen LogP contribution in [0.15, 0.2) is 72.9 Å². The van der Waals surface area contributed by atoms with E-state index < -0.39 is 0 Å². The van der Waals surface area contributed by atoms with E-state index in [9.17, 15) is 4.79 Å². The van der Waals surface area contributed by atoms with Crippen LogP contribution >= 0.6 is 0 Å². The normalized spacial score (nSPS) is 15.1. The second-order valence-electron chi connectivity index (χ2n) is 11.2. The summed E-state index contributed by atoms with van der Waals surface area (Å²) in [5.74, 6) is 2.20. The molecule has 0 spiro atoms. The molecule has 0 fully saturated rings. The number of ether oxygens (including phenoxy) is 1. The number of aromatic nitrogens is 3. The summed E-state index contributed by atoms with van der Waals surface area (Å²) in [4.78, 5) is 22.9. The number of hydrogen-bond donors (Lipinski definition) is 4. The lowest BCUT2D eigenvalue weighted by Crippen LogP contribution is -2.26. The number of nitrogens with one attached hydrogen (secondary N) is 3. The summed E-state index contributed by atoms with van der Waals surface area (Å²) in [5, 5.41) is 11.1. The van der Waals surface area contributed by atoms with E-state index in [0.717, 1.165) is 58.3 Å². The first-order valence-corrected chi connectivity index (χ1v) is 14.7. The molecule has 2 heterocycles. The van der Waals surface area contributed by atoms with Gasteiger partial charge in [0.1, 0.15) is 28.6 Å². The number of urea groups is 1. The highest BCUT2D eigenvalue weighted by molar-refractivity contribution is 6.11. The van der Waals surface area contributed by atoms with Crippen molar-refractivity contribution in [3.8, 4) is 17.0 Å². The quantitative estimate of drug-likeness (QED) is 0.165. The molecule has 9 heteroatoms. The van der Waals surface area contributed by atoms with Gasteiger partial charge in [-0.1, -0.05) is 56.3 Å². The molecule has 9 nitrogen and oxygen atoms in total. The molecule has 43 heavy (non-hydrogen) atoms. The summed E-state index contributed by atoms with van der Waals surface area (Å²) < 4.78 is 7.48. The third-order valence-corrected chi connectivity index (χ3v) is 8.13. The van der Waals surface area contributed by atoms with Gasteiger partial charge in [0.2, 0.25) is 0 Å². The number of nitrogens with two attached hydrogens (primary N) is 1. The Morgan fingerprint density at radius 1 is 1.07 bits per heavy atom.